The normalized spacial score (nSPS) is 10.6. The van der Waals surface area contributed by atoms with E-state index in [0.717, 1.165) is 11.3 Å². The highest BCUT2D eigenvalue weighted by molar-refractivity contribution is 9.10. The van der Waals surface area contributed by atoms with Gasteiger partial charge in [0.1, 0.15) is 5.82 Å². The summed E-state index contributed by atoms with van der Waals surface area (Å²) in [5.74, 6) is 0.377. The Kier molecular flexibility index (Phi) is 5.64. The van der Waals surface area contributed by atoms with E-state index in [0.29, 0.717) is 27.4 Å². The molecule has 0 aliphatic heterocycles. The van der Waals surface area contributed by atoms with Crippen molar-refractivity contribution in [1.82, 2.24) is 9.78 Å². The number of rotatable bonds is 5. The average Bonchev–Trinajstić information content (AvgIpc) is 3.04. The first kappa shape index (κ1) is 18.5. The van der Waals surface area contributed by atoms with Gasteiger partial charge in [-0.2, -0.15) is 5.10 Å². The number of halogens is 2. The highest BCUT2D eigenvalue weighted by atomic mass is 79.9. The van der Waals surface area contributed by atoms with Gasteiger partial charge >= 0.3 is 0 Å². The SMILES string of the molecule is CN(C)c1ccc(Cn2nccc2NC(=O)c2cc(Cl)ccc2Br)cc1. The summed E-state index contributed by atoms with van der Waals surface area (Å²) in [4.78, 5) is 14.6. The standard InChI is InChI=1S/C19H18BrClN4O/c1-24(2)15-6-3-13(4-7-15)12-25-18(9-10-22-25)23-19(26)16-11-14(21)5-8-17(16)20/h3-11H,12H2,1-2H3,(H,23,26). The zero-order valence-corrected chi connectivity index (χ0v) is 16.8. The Morgan fingerprint density at radius 1 is 1.19 bits per heavy atom. The van der Waals surface area contributed by atoms with Gasteiger partial charge in [0.25, 0.3) is 5.91 Å². The fourth-order valence-electron chi connectivity index (χ4n) is 2.49. The molecule has 0 aliphatic rings. The number of benzene rings is 2. The third kappa shape index (κ3) is 4.26. The van der Waals surface area contributed by atoms with Crippen molar-refractivity contribution in [1.29, 1.82) is 0 Å². The van der Waals surface area contributed by atoms with Gasteiger partial charge in [-0.25, -0.2) is 4.68 Å². The largest absolute Gasteiger partial charge is 0.378 e. The van der Waals surface area contributed by atoms with Crippen molar-refractivity contribution in [3.63, 3.8) is 0 Å². The van der Waals surface area contributed by atoms with Gasteiger partial charge in [-0.15, -0.1) is 0 Å². The number of anilines is 2. The van der Waals surface area contributed by atoms with Gasteiger partial charge in [0.05, 0.1) is 18.3 Å². The summed E-state index contributed by atoms with van der Waals surface area (Å²) >= 11 is 9.37. The van der Waals surface area contributed by atoms with Crippen molar-refractivity contribution >= 4 is 44.9 Å². The molecule has 0 fully saturated rings. The van der Waals surface area contributed by atoms with Crippen molar-refractivity contribution in [2.45, 2.75) is 6.54 Å². The van der Waals surface area contributed by atoms with E-state index in [4.69, 9.17) is 11.6 Å². The van der Waals surface area contributed by atoms with E-state index in [1.54, 1.807) is 35.1 Å². The van der Waals surface area contributed by atoms with Crippen molar-refractivity contribution in [2.75, 3.05) is 24.3 Å². The fraction of sp³-hybridized carbons (Fsp3) is 0.158. The number of nitrogens with one attached hydrogen (secondary N) is 1. The summed E-state index contributed by atoms with van der Waals surface area (Å²) in [6.45, 7) is 0.563. The molecule has 1 aromatic heterocycles. The van der Waals surface area contributed by atoms with E-state index in [9.17, 15) is 4.79 Å². The van der Waals surface area contributed by atoms with E-state index < -0.39 is 0 Å². The van der Waals surface area contributed by atoms with Crippen LogP contribution in [-0.4, -0.2) is 29.8 Å². The predicted molar refractivity (Wildman–Crippen MR) is 109 cm³/mol. The van der Waals surface area contributed by atoms with Crippen molar-refractivity contribution in [2.24, 2.45) is 0 Å². The summed E-state index contributed by atoms with van der Waals surface area (Å²) in [5, 5.41) is 7.71. The Bertz CT molecular complexity index is 922. The highest BCUT2D eigenvalue weighted by Gasteiger charge is 2.13. The van der Waals surface area contributed by atoms with Gasteiger partial charge < -0.3 is 10.2 Å². The predicted octanol–water partition coefficient (Wildman–Crippen LogP) is 4.67. The molecule has 134 valence electrons. The summed E-state index contributed by atoms with van der Waals surface area (Å²) in [6.07, 6.45) is 1.66. The lowest BCUT2D eigenvalue weighted by Crippen LogP contribution is -2.16. The number of nitrogens with zero attached hydrogens (tertiary/aromatic N) is 3. The molecule has 2 aromatic carbocycles. The minimum Gasteiger partial charge on any atom is -0.378 e. The first-order valence-electron chi connectivity index (χ1n) is 7.98. The van der Waals surface area contributed by atoms with Crippen LogP contribution in [0.25, 0.3) is 0 Å². The monoisotopic (exact) mass is 432 g/mol. The number of aromatic nitrogens is 2. The molecule has 0 saturated carbocycles. The van der Waals surface area contributed by atoms with Crippen LogP contribution >= 0.6 is 27.5 Å². The zero-order chi connectivity index (χ0) is 18.7. The van der Waals surface area contributed by atoms with Crippen molar-refractivity contribution < 1.29 is 4.79 Å². The Balaban J connectivity index is 1.76. The minimum absolute atomic E-state index is 0.246. The number of carbonyl (C=O) groups is 1. The van der Waals surface area contributed by atoms with Crippen LogP contribution in [-0.2, 0) is 6.54 Å². The van der Waals surface area contributed by atoms with Crippen molar-refractivity contribution in [3.05, 3.63) is 75.4 Å². The molecular formula is C19H18BrClN4O. The molecule has 3 rings (SSSR count). The molecule has 0 bridgehead atoms. The maximum absolute atomic E-state index is 12.6. The van der Waals surface area contributed by atoms with E-state index in [1.165, 1.54) is 0 Å². The Hall–Kier alpha value is -2.31. The molecule has 26 heavy (non-hydrogen) atoms. The molecule has 1 heterocycles. The molecule has 0 saturated heterocycles. The van der Waals surface area contributed by atoms with Gasteiger partial charge in [0.2, 0.25) is 0 Å². The lowest BCUT2D eigenvalue weighted by molar-refractivity contribution is 0.102. The van der Waals surface area contributed by atoms with E-state index in [1.807, 2.05) is 19.0 Å². The number of carbonyl (C=O) groups excluding carboxylic acids is 1. The van der Waals surface area contributed by atoms with Crippen LogP contribution in [0.5, 0.6) is 0 Å². The van der Waals surface area contributed by atoms with Crippen LogP contribution in [0.15, 0.2) is 59.2 Å². The maximum atomic E-state index is 12.6. The first-order valence-corrected chi connectivity index (χ1v) is 9.15. The third-order valence-corrected chi connectivity index (χ3v) is 4.84. The lowest BCUT2D eigenvalue weighted by Gasteiger charge is -2.13. The van der Waals surface area contributed by atoms with Crippen molar-refractivity contribution in [3.8, 4) is 0 Å². The fourth-order valence-corrected chi connectivity index (χ4v) is 3.09. The molecule has 7 heteroatoms. The van der Waals surface area contributed by atoms with Crippen LogP contribution in [0.3, 0.4) is 0 Å². The second kappa shape index (κ2) is 7.93. The molecule has 5 nitrogen and oxygen atoms in total. The minimum atomic E-state index is -0.246. The third-order valence-electron chi connectivity index (χ3n) is 3.92. The molecule has 0 spiro atoms. The Morgan fingerprint density at radius 3 is 2.62 bits per heavy atom. The molecule has 0 aliphatic carbocycles. The summed E-state index contributed by atoms with van der Waals surface area (Å²) in [7, 11) is 4.01. The molecule has 0 atom stereocenters. The molecule has 1 amide bonds. The number of hydrogen-bond acceptors (Lipinski definition) is 3. The van der Waals surface area contributed by atoms with Gasteiger partial charge in [0, 0.05) is 35.3 Å². The average molecular weight is 434 g/mol. The molecule has 0 unspecified atom stereocenters. The number of hydrogen-bond donors (Lipinski definition) is 1. The van der Waals surface area contributed by atoms with Gasteiger partial charge in [-0.3, -0.25) is 4.79 Å². The van der Waals surface area contributed by atoms with E-state index in [2.05, 4.69) is 50.6 Å². The topological polar surface area (TPSA) is 50.2 Å². The second-order valence-corrected chi connectivity index (χ2v) is 7.30. The molecule has 1 N–H and O–H groups in total. The van der Waals surface area contributed by atoms with Crippen LogP contribution in [0, 0.1) is 0 Å². The Morgan fingerprint density at radius 2 is 1.92 bits per heavy atom. The van der Waals surface area contributed by atoms with Crippen LogP contribution in [0.1, 0.15) is 15.9 Å². The second-order valence-electron chi connectivity index (χ2n) is 6.01. The zero-order valence-electron chi connectivity index (χ0n) is 14.4. The van der Waals surface area contributed by atoms with Crippen LogP contribution in [0.2, 0.25) is 5.02 Å². The maximum Gasteiger partial charge on any atom is 0.258 e. The van der Waals surface area contributed by atoms with Gasteiger partial charge in [0.15, 0.2) is 0 Å². The Labute approximate surface area is 165 Å². The van der Waals surface area contributed by atoms with E-state index >= 15 is 0 Å². The van der Waals surface area contributed by atoms with Gasteiger partial charge in [-0.05, 0) is 51.8 Å². The molecular weight excluding hydrogens is 416 g/mol. The molecule has 3 aromatic rings. The molecule has 0 radical (unpaired) electrons. The highest BCUT2D eigenvalue weighted by Crippen LogP contribution is 2.22. The summed E-state index contributed by atoms with van der Waals surface area (Å²) < 4.78 is 2.44. The number of amides is 1. The quantitative estimate of drug-likeness (QED) is 0.636. The summed E-state index contributed by atoms with van der Waals surface area (Å²) in [6, 6.07) is 15.1. The van der Waals surface area contributed by atoms with Crippen LogP contribution < -0.4 is 10.2 Å². The smallest absolute Gasteiger partial charge is 0.258 e. The summed E-state index contributed by atoms with van der Waals surface area (Å²) in [5.41, 5.74) is 2.70. The van der Waals surface area contributed by atoms with E-state index in [-0.39, 0.29) is 5.91 Å². The first-order chi connectivity index (χ1) is 12.4. The van der Waals surface area contributed by atoms with Gasteiger partial charge in [-0.1, -0.05) is 23.7 Å². The van der Waals surface area contributed by atoms with Crippen LogP contribution in [0.4, 0.5) is 11.5 Å². The lowest BCUT2D eigenvalue weighted by atomic mass is 10.2.